The molecule has 3 rings (SSSR count). The van der Waals surface area contributed by atoms with Crippen LogP contribution >= 0.6 is 0 Å². The van der Waals surface area contributed by atoms with Crippen molar-refractivity contribution in [3.63, 3.8) is 0 Å². The van der Waals surface area contributed by atoms with Crippen LogP contribution in [-0.2, 0) is 21.3 Å². The van der Waals surface area contributed by atoms with Gasteiger partial charge in [-0.25, -0.2) is 8.42 Å². The van der Waals surface area contributed by atoms with E-state index in [0.717, 1.165) is 19.4 Å². The Kier molecular flexibility index (Phi) is 4.32. The smallest absolute Gasteiger partial charge is 0.261 e. The first kappa shape index (κ1) is 15.5. The van der Waals surface area contributed by atoms with Gasteiger partial charge in [0.25, 0.3) is 10.0 Å². The average molecular weight is 332 g/mol. The zero-order valence-corrected chi connectivity index (χ0v) is 13.2. The van der Waals surface area contributed by atoms with E-state index in [2.05, 4.69) is 9.82 Å². The lowest BCUT2D eigenvalue weighted by Gasteiger charge is -2.08. The van der Waals surface area contributed by atoms with Gasteiger partial charge in [0.1, 0.15) is 0 Å². The second kappa shape index (κ2) is 6.40. The summed E-state index contributed by atoms with van der Waals surface area (Å²) in [5.41, 5.74) is 0.806. The molecule has 1 N–H and O–H groups in total. The molecule has 0 saturated carbocycles. The monoisotopic (exact) mass is 332 g/mol. The number of nitriles is 1. The summed E-state index contributed by atoms with van der Waals surface area (Å²) in [6.07, 6.45) is 5.29. The molecule has 1 aliphatic rings. The first-order valence-corrected chi connectivity index (χ1v) is 8.72. The maximum absolute atomic E-state index is 12.3. The third-order valence-corrected chi connectivity index (χ3v) is 4.99. The molecule has 2 heterocycles. The summed E-state index contributed by atoms with van der Waals surface area (Å²) in [5.74, 6) is 0. The molecule has 1 aromatic carbocycles. The molecule has 1 saturated heterocycles. The van der Waals surface area contributed by atoms with E-state index >= 15 is 0 Å². The molecule has 0 unspecified atom stereocenters. The third kappa shape index (κ3) is 3.70. The lowest BCUT2D eigenvalue weighted by atomic mass is 10.2. The van der Waals surface area contributed by atoms with Gasteiger partial charge in [0, 0.05) is 12.8 Å². The molecule has 0 amide bonds. The number of aromatic nitrogens is 2. The van der Waals surface area contributed by atoms with E-state index in [9.17, 15) is 8.42 Å². The van der Waals surface area contributed by atoms with Crippen molar-refractivity contribution in [2.24, 2.45) is 0 Å². The predicted octanol–water partition coefficient (Wildman–Crippen LogP) is 1.73. The third-order valence-electron chi connectivity index (χ3n) is 3.59. The maximum atomic E-state index is 12.3. The van der Waals surface area contributed by atoms with Gasteiger partial charge in [-0.1, -0.05) is 0 Å². The van der Waals surface area contributed by atoms with Crippen LogP contribution in [0.5, 0.6) is 0 Å². The van der Waals surface area contributed by atoms with Crippen molar-refractivity contribution in [3.8, 4) is 6.07 Å². The fourth-order valence-corrected chi connectivity index (χ4v) is 3.46. The number of hydrogen-bond donors (Lipinski definition) is 1. The van der Waals surface area contributed by atoms with E-state index in [0.29, 0.717) is 17.8 Å². The molecule has 0 bridgehead atoms. The van der Waals surface area contributed by atoms with Gasteiger partial charge in [-0.3, -0.25) is 9.40 Å². The second-order valence-electron chi connectivity index (χ2n) is 5.33. The van der Waals surface area contributed by atoms with E-state index in [-0.39, 0.29) is 11.0 Å². The Morgan fingerprint density at radius 2 is 2.17 bits per heavy atom. The average Bonchev–Trinajstić information content (AvgIpc) is 3.20. The van der Waals surface area contributed by atoms with Gasteiger partial charge in [0.15, 0.2) is 0 Å². The van der Waals surface area contributed by atoms with E-state index < -0.39 is 10.0 Å². The molecule has 0 spiro atoms. The molecule has 120 valence electrons. The summed E-state index contributed by atoms with van der Waals surface area (Å²) in [7, 11) is -3.70. The van der Waals surface area contributed by atoms with Gasteiger partial charge in [-0.15, -0.1) is 0 Å². The van der Waals surface area contributed by atoms with Crippen LogP contribution in [0.3, 0.4) is 0 Å². The first-order chi connectivity index (χ1) is 11.1. The minimum Gasteiger partial charge on any atom is -0.376 e. The Balaban J connectivity index is 1.70. The van der Waals surface area contributed by atoms with Crippen molar-refractivity contribution in [1.29, 1.82) is 5.26 Å². The second-order valence-corrected chi connectivity index (χ2v) is 7.01. The van der Waals surface area contributed by atoms with E-state index in [1.54, 1.807) is 10.9 Å². The molecule has 7 nitrogen and oxygen atoms in total. The summed E-state index contributed by atoms with van der Waals surface area (Å²) in [5, 5.41) is 12.9. The van der Waals surface area contributed by atoms with Crippen molar-refractivity contribution < 1.29 is 13.2 Å². The molecule has 0 radical (unpaired) electrons. The lowest BCUT2D eigenvalue weighted by molar-refractivity contribution is 0.0940. The van der Waals surface area contributed by atoms with Gasteiger partial charge in [-0.2, -0.15) is 10.4 Å². The van der Waals surface area contributed by atoms with E-state index in [4.69, 9.17) is 10.00 Å². The molecule has 0 aliphatic carbocycles. The van der Waals surface area contributed by atoms with Gasteiger partial charge in [0.05, 0.1) is 41.1 Å². The van der Waals surface area contributed by atoms with Crippen LogP contribution in [0.1, 0.15) is 18.4 Å². The summed E-state index contributed by atoms with van der Waals surface area (Å²) in [4.78, 5) is 0.100. The molecule has 1 aliphatic heterocycles. The van der Waals surface area contributed by atoms with Crippen molar-refractivity contribution in [2.75, 3.05) is 11.3 Å². The fourth-order valence-electron chi connectivity index (χ4n) is 2.44. The highest BCUT2D eigenvalue weighted by Gasteiger charge is 2.18. The number of anilines is 1. The van der Waals surface area contributed by atoms with Crippen molar-refractivity contribution in [3.05, 3.63) is 42.2 Å². The Morgan fingerprint density at radius 3 is 2.83 bits per heavy atom. The Hall–Kier alpha value is -2.37. The number of sulfonamides is 1. The fraction of sp³-hybridized carbons (Fsp3) is 0.333. The number of rotatable bonds is 5. The topological polar surface area (TPSA) is 97.0 Å². The predicted molar refractivity (Wildman–Crippen MR) is 83.2 cm³/mol. The highest BCUT2D eigenvalue weighted by atomic mass is 32.2. The summed E-state index contributed by atoms with van der Waals surface area (Å²) in [6.45, 7) is 1.38. The number of ether oxygens (including phenoxy) is 1. The van der Waals surface area contributed by atoms with Gasteiger partial charge >= 0.3 is 0 Å². The van der Waals surface area contributed by atoms with Crippen LogP contribution < -0.4 is 4.72 Å². The largest absolute Gasteiger partial charge is 0.376 e. The quantitative estimate of drug-likeness (QED) is 0.899. The Bertz CT molecular complexity index is 815. The normalized spacial score (nSPS) is 17.8. The standard InChI is InChI=1S/C15H16N4O3S/c16-8-12-3-5-15(6-4-12)23(20,21)18-13-9-17-19(10-13)11-14-2-1-7-22-14/h3-6,9-10,14,18H,1-2,7,11H2/t14-/m1/s1. The number of hydrogen-bond acceptors (Lipinski definition) is 5. The minimum absolute atomic E-state index is 0.100. The van der Waals surface area contributed by atoms with Crippen LogP contribution in [0.15, 0.2) is 41.6 Å². The highest BCUT2D eigenvalue weighted by molar-refractivity contribution is 7.92. The van der Waals surface area contributed by atoms with E-state index in [1.165, 1.54) is 30.5 Å². The summed E-state index contributed by atoms with van der Waals surface area (Å²) in [6, 6.07) is 7.69. The molecule has 1 aromatic heterocycles. The Morgan fingerprint density at radius 1 is 1.39 bits per heavy atom. The van der Waals surface area contributed by atoms with Crippen LogP contribution in [0.25, 0.3) is 0 Å². The van der Waals surface area contributed by atoms with Crippen molar-refractivity contribution in [2.45, 2.75) is 30.4 Å². The van der Waals surface area contributed by atoms with Crippen molar-refractivity contribution in [1.82, 2.24) is 9.78 Å². The number of nitrogens with one attached hydrogen (secondary N) is 1. The molecule has 23 heavy (non-hydrogen) atoms. The van der Waals surface area contributed by atoms with Crippen molar-refractivity contribution >= 4 is 15.7 Å². The van der Waals surface area contributed by atoms with Crippen LogP contribution in [-0.4, -0.2) is 30.9 Å². The Labute approximate surface area is 134 Å². The highest BCUT2D eigenvalue weighted by Crippen LogP contribution is 2.18. The number of benzene rings is 1. The molecule has 2 aromatic rings. The zero-order valence-electron chi connectivity index (χ0n) is 12.3. The molecule has 1 fully saturated rings. The van der Waals surface area contributed by atoms with Crippen LogP contribution in [0.4, 0.5) is 5.69 Å². The maximum Gasteiger partial charge on any atom is 0.261 e. The van der Waals surface area contributed by atoms with Crippen LogP contribution in [0.2, 0.25) is 0 Å². The van der Waals surface area contributed by atoms with Crippen LogP contribution in [0, 0.1) is 11.3 Å². The van der Waals surface area contributed by atoms with Gasteiger partial charge in [-0.05, 0) is 37.1 Å². The zero-order chi connectivity index (χ0) is 16.3. The number of nitrogens with zero attached hydrogens (tertiary/aromatic N) is 3. The SMILES string of the molecule is N#Cc1ccc(S(=O)(=O)Nc2cnn(C[C@H]3CCCO3)c2)cc1. The van der Waals surface area contributed by atoms with Gasteiger partial charge < -0.3 is 4.74 Å². The first-order valence-electron chi connectivity index (χ1n) is 7.24. The summed E-state index contributed by atoms with van der Waals surface area (Å²) >= 11 is 0. The van der Waals surface area contributed by atoms with E-state index in [1.807, 2.05) is 6.07 Å². The molecular formula is C15H16N4O3S. The lowest BCUT2D eigenvalue weighted by Crippen LogP contribution is -2.15. The minimum atomic E-state index is -3.70. The summed E-state index contributed by atoms with van der Waals surface area (Å²) < 4.78 is 34.3. The molecular weight excluding hydrogens is 316 g/mol. The molecule has 8 heteroatoms. The molecule has 1 atom stereocenters. The van der Waals surface area contributed by atoms with Gasteiger partial charge in [0.2, 0.25) is 0 Å².